The second-order valence-electron chi connectivity index (χ2n) is 7.39. The topological polar surface area (TPSA) is 111 Å². The summed E-state index contributed by atoms with van der Waals surface area (Å²) in [6, 6.07) is 5.31. The van der Waals surface area contributed by atoms with Gasteiger partial charge in [-0.1, -0.05) is 18.9 Å². The van der Waals surface area contributed by atoms with Crippen LogP contribution < -0.4 is 14.8 Å². The van der Waals surface area contributed by atoms with Gasteiger partial charge in [0.25, 0.3) is 5.91 Å². The van der Waals surface area contributed by atoms with E-state index in [1.807, 2.05) is 0 Å². The fourth-order valence-electron chi connectivity index (χ4n) is 4.01. The van der Waals surface area contributed by atoms with Gasteiger partial charge in [0.05, 0.1) is 11.8 Å². The van der Waals surface area contributed by atoms with Crippen LogP contribution in [-0.4, -0.2) is 48.5 Å². The minimum atomic E-state index is -0.774. The highest BCUT2D eigenvalue weighted by Crippen LogP contribution is 2.37. The molecule has 0 aromatic heterocycles. The highest BCUT2D eigenvalue weighted by Gasteiger charge is 2.48. The van der Waals surface area contributed by atoms with Crippen LogP contribution in [0, 0.1) is 11.8 Å². The molecule has 2 heterocycles. The molecule has 9 heteroatoms. The molecule has 0 bridgehead atoms. The van der Waals surface area contributed by atoms with Crippen LogP contribution in [0.5, 0.6) is 11.5 Å². The van der Waals surface area contributed by atoms with Crippen LogP contribution in [0.3, 0.4) is 0 Å². The number of hydrogen-bond donors (Lipinski definition) is 1. The van der Waals surface area contributed by atoms with Crippen LogP contribution in [0.15, 0.2) is 18.2 Å². The first-order chi connectivity index (χ1) is 14.0. The molecule has 1 saturated carbocycles. The summed E-state index contributed by atoms with van der Waals surface area (Å²) >= 11 is 0. The van der Waals surface area contributed by atoms with Crippen LogP contribution in [-0.2, 0) is 30.5 Å². The number of ether oxygens (including phenoxy) is 3. The molecule has 2 fully saturated rings. The number of nitrogens with one attached hydrogen (secondary N) is 1. The molecular weight excluding hydrogens is 380 g/mol. The zero-order valence-electron chi connectivity index (χ0n) is 15.8. The van der Waals surface area contributed by atoms with Crippen molar-refractivity contribution in [1.82, 2.24) is 10.2 Å². The van der Waals surface area contributed by atoms with Crippen LogP contribution in [0.4, 0.5) is 0 Å². The molecule has 1 N–H and O–H groups in total. The van der Waals surface area contributed by atoms with E-state index in [1.165, 1.54) is 0 Å². The molecule has 2 atom stereocenters. The summed E-state index contributed by atoms with van der Waals surface area (Å²) in [4.78, 5) is 49.7. The second kappa shape index (κ2) is 8.10. The lowest BCUT2D eigenvalue weighted by atomic mass is 9.81. The molecule has 0 radical (unpaired) electrons. The third kappa shape index (κ3) is 4.03. The highest BCUT2D eigenvalue weighted by molar-refractivity contribution is 6.07. The SMILES string of the molecule is O=C(COC(=O)CN1C(=O)[C@H]2CCCC[C@H]2C1=O)NCc1ccc2c(c1)OCO2. The maximum absolute atomic E-state index is 12.4. The van der Waals surface area contributed by atoms with Crippen molar-refractivity contribution in [1.29, 1.82) is 0 Å². The molecule has 2 aliphatic heterocycles. The number of hydrogen-bond acceptors (Lipinski definition) is 7. The molecule has 4 rings (SSSR count). The molecule has 1 aromatic carbocycles. The fraction of sp³-hybridized carbons (Fsp3) is 0.500. The summed E-state index contributed by atoms with van der Waals surface area (Å²) in [6.45, 7) is -0.517. The molecule has 0 unspecified atom stereocenters. The minimum Gasteiger partial charge on any atom is -0.454 e. The minimum absolute atomic E-state index is 0.171. The Morgan fingerprint density at radius 3 is 2.48 bits per heavy atom. The second-order valence-corrected chi connectivity index (χ2v) is 7.39. The van der Waals surface area contributed by atoms with Crippen molar-refractivity contribution >= 4 is 23.7 Å². The van der Waals surface area contributed by atoms with E-state index in [0.717, 1.165) is 23.3 Å². The Morgan fingerprint density at radius 2 is 1.76 bits per heavy atom. The summed E-state index contributed by atoms with van der Waals surface area (Å²) in [7, 11) is 0. The average Bonchev–Trinajstić information content (AvgIpc) is 3.29. The summed E-state index contributed by atoms with van der Waals surface area (Å²) in [5.74, 6) is -1.22. The molecule has 3 amide bonds. The lowest BCUT2D eigenvalue weighted by Gasteiger charge is -2.19. The Labute approximate surface area is 167 Å². The average molecular weight is 402 g/mol. The first-order valence-electron chi connectivity index (χ1n) is 9.69. The van der Waals surface area contributed by atoms with E-state index in [1.54, 1.807) is 18.2 Å². The van der Waals surface area contributed by atoms with E-state index in [-0.39, 0.29) is 37.0 Å². The van der Waals surface area contributed by atoms with Gasteiger partial charge >= 0.3 is 5.97 Å². The van der Waals surface area contributed by atoms with Crippen molar-refractivity contribution < 1.29 is 33.4 Å². The molecule has 0 spiro atoms. The van der Waals surface area contributed by atoms with Gasteiger partial charge < -0.3 is 19.5 Å². The van der Waals surface area contributed by atoms with Gasteiger partial charge in [0, 0.05) is 6.54 Å². The molecule has 1 aromatic rings. The molecule has 1 aliphatic carbocycles. The fourth-order valence-corrected chi connectivity index (χ4v) is 4.01. The molecule has 29 heavy (non-hydrogen) atoms. The van der Waals surface area contributed by atoms with E-state index in [2.05, 4.69) is 5.32 Å². The number of esters is 1. The Hall–Kier alpha value is -3.10. The van der Waals surface area contributed by atoms with Gasteiger partial charge in [-0.2, -0.15) is 0 Å². The van der Waals surface area contributed by atoms with E-state index in [9.17, 15) is 19.2 Å². The number of rotatable bonds is 6. The summed E-state index contributed by atoms with van der Waals surface area (Å²) in [5.41, 5.74) is 0.810. The summed E-state index contributed by atoms with van der Waals surface area (Å²) in [5, 5.41) is 2.64. The van der Waals surface area contributed by atoms with Crippen LogP contribution in [0.2, 0.25) is 0 Å². The van der Waals surface area contributed by atoms with Crippen molar-refractivity contribution in [3.63, 3.8) is 0 Å². The first kappa shape index (κ1) is 19.2. The third-order valence-electron chi connectivity index (χ3n) is 5.51. The van der Waals surface area contributed by atoms with Crippen LogP contribution in [0.1, 0.15) is 31.2 Å². The number of likely N-dealkylation sites (tertiary alicyclic amines) is 1. The molecule has 154 valence electrons. The monoisotopic (exact) mass is 402 g/mol. The van der Waals surface area contributed by atoms with Gasteiger partial charge in [0.15, 0.2) is 18.1 Å². The predicted molar refractivity (Wildman–Crippen MR) is 97.5 cm³/mol. The first-order valence-corrected chi connectivity index (χ1v) is 9.69. The Kier molecular flexibility index (Phi) is 5.37. The van der Waals surface area contributed by atoms with E-state index in [0.29, 0.717) is 24.3 Å². The van der Waals surface area contributed by atoms with Gasteiger partial charge in [-0.3, -0.25) is 24.1 Å². The maximum Gasteiger partial charge on any atom is 0.326 e. The standard InChI is InChI=1S/C20H22N2O7/c23-17(21-8-12-5-6-15-16(7-12)29-11-28-15)10-27-18(24)9-22-19(25)13-3-1-2-4-14(13)20(22)26/h5-7,13-14H,1-4,8-11H2,(H,21,23)/t13-,14+. The molecular formula is C20H22N2O7. The number of nitrogens with zero attached hydrogens (tertiary/aromatic N) is 1. The van der Waals surface area contributed by atoms with Crippen molar-refractivity contribution in [2.45, 2.75) is 32.2 Å². The highest BCUT2D eigenvalue weighted by atomic mass is 16.7. The van der Waals surface area contributed by atoms with Gasteiger partial charge in [0.1, 0.15) is 6.54 Å². The van der Waals surface area contributed by atoms with Crippen LogP contribution in [0.25, 0.3) is 0 Å². The zero-order valence-corrected chi connectivity index (χ0v) is 15.8. The zero-order chi connectivity index (χ0) is 20.4. The van der Waals surface area contributed by atoms with Gasteiger partial charge in [0.2, 0.25) is 18.6 Å². The van der Waals surface area contributed by atoms with Crippen LogP contribution >= 0.6 is 0 Å². The van der Waals surface area contributed by atoms with Gasteiger partial charge in [-0.15, -0.1) is 0 Å². The van der Waals surface area contributed by atoms with E-state index >= 15 is 0 Å². The predicted octanol–water partition coefficient (Wildman–Crippen LogP) is 0.750. The van der Waals surface area contributed by atoms with Crippen molar-refractivity contribution in [3.8, 4) is 11.5 Å². The summed E-state index contributed by atoms with van der Waals surface area (Å²) < 4.78 is 15.4. The lowest BCUT2D eigenvalue weighted by Crippen LogP contribution is -2.38. The Balaban J connectivity index is 1.22. The maximum atomic E-state index is 12.4. The Bertz CT molecular complexity index is 829. The number of amides is 3. The molecule has 9 nitrogen and oxygen atoms in total. The smallest absolute Gasteiger partial charge is 0.326 e. The number of carbonyl (C=O) groups excluding carboxylic acids is 4. The third-order valence-corrected chi connectivity index (χ3v) is 5.51. The van der Waals surface area contributed by atoms with Gasteiger partial charge in [-0.05, 0) is 30.5 Å². The van der Waals surface area contributed by atoms with E-state index < -0.39 is 25.0 Å². The number of fused-ring (bicyclic) bond motifs is 2. The number of benzene rings is 1. The summed E-state index contributed by atoms with van der Waals surface area (Å²) in [6.07, 6.45) is 3.20. The normalized spacial score (nSPS) is 22.4. The van der Waals surface area contributed by atoms with Crippen molar-refractivity contribution in [2.24, 2.45) is 11.8 Å². The van der Waals surface area contributed by atoms with Gasteiger partial charge in [-0.25, -0.2) is 0 Å². The lowest BCUT2D eigenvalue weighted by molar-refractivity contribution is -0.154. The quantitative estimate of drug-likeness (QED) is 0.552. The van der Waals surface area contributed by atoms with Crippen molar-refractivity contribution in [2.75, 3.05) is 19.9 Å². The van der Waals surface area contributed by atoms with Crippen molar-refractivity contribution in [3.05, 3.63) is 23.8 Å². The number of imide groups is 1. The number of carbonyl (C=O) groups is 4. The largest absolute Gasteiger partial charge is 0.454 e. The molecule has 1 saturated heterocycles. The van der Waals surface area contributed by atoms with E-state index in [4.69, 9.17) is 14.2 Å². The Morgan fingerprint density at radius 1 is 1.07 bits per heavy atom. The molecule has 3 aliphatic rings.